The van der Waals surface area contributed by atoms with Gasteiger partial charge >= 0.3 is 13.2 Å². The van der Waals surface area contributed by atoms with E-state index in [-0.39, 0.29) is 30.5 Å². The lowest BCUT2D eigenvalue weighted by Crippen LogP contribution is -2.46. The Morgan fingerprint density at radius 2 is 1.72 bits per heavy atom. The molecule has 3 atom stereocenters. The normalized spacial score (nSPS) is 33.5. The molecular weight excluding hydrogens is 317 g/mol. The van der Waals surface area contributed by atoms with E-state index in [0.29, 0.717) is 5.92 Å². The maximum Gasteiger partial charge on any atom is 0.486 e. The Kier molecular flexibility index (Phi) is 4.52. The molecule has 2 saturated heterocycles. The lowest BCUT2D eigenvalue weighted by atomic mass is 9.87. The number of fused-ring (bicyclic) bond motifs is 1. The van der Waals surface area contributed by atoms with Gasteiger partial charge in [-0.25, -0.2) is 4.79 Å². The molecular formula is C19H32BNO4. The Morgan fingerprint density at radius 3 is 2.28 bits per heavy atom. The highest BCUT2D eigenvalue weighted by atomic mass is 16.7. The van der Waals surface area contributed by atoms with Crippen molar-refractivity contribution >= 4 is 13.2 Å². The van der Waals surface area contributed by atoms with Crippen LogP contribution in [0.3, 0.4) is 0 Å². The summed E-state index contributed by atoms with van der Waals surface area (Å²) in [5.74, 6) is 3.35. The fourth-order valence-electron chi connectivity index (χ4n) is 3.55. The van der Waals surface area contributed by atoms with Gasteiger partial charge in [0.2, 0.25) is 0 Å². The Bertz CT molecular complexity index is 550. The van der Waals surface area contributed by atoms with Crippen LogP contribution in [0.1, 0.15) is 61.3 Å². The van der Waals surface area contributed by atoms with Crippen LogP contribution >= 0.6 is 0 Å². The SMILES string of the molecule is CC(C)(C)OC(=O)N1C[C@@H]2C[C@@H]2C[C@H]1C=CB1OC(C)(C)C(C)(C)O1. The molecule has 1 amide bonds. The maximum absolute atomic E-state index is 12.6. The van der Waals surface area contributed by atoms with Crippen LogP contribution in [0.15, 0.2) is 12.1 Å². The highest BCUT2D eigenvalue weighted by molar-refractivity contribution is 6.51. The molecule has 1 saturated carbocycles. The number of ether oxygens (including phenoxy) is 1. The van der Waals surface area contributed by atoms with E-state index in [1.54, 1.807) is 0 Å². The molecule has 3 rings (SSSR count). The lowest BCUT2D eigenvalue weighted by Gasteiger charge is -2.35. The van der Waals surface area contributed by atoms with Crippen LogP contribution in [-0.4, -0.2) is 47.5 Å². The number of amides is 1. The second kappa shape index (κ2) is 6.02. The minimum atomic E-state index is -0.475. The first kappa shape index (κ1) is 18.8. The molecule has 5 nitrogen and oxygen atoms in total. The lowest BCUT2D eigenvalue weighted by molar-refractivity contribution is 0.00578. The summed E-state index contributed by atoms with van der Waals surface area (Å²) in [5.41, 5.74) is -1.17. The van der Waals surface area contributed by atoms with E-state index in [0.717, 1.165) is 18.9 Å². The van der Waals surface area contributed by atoms with Crippen molar-refractivity contribution < 1.29 is 18.8 Å². The zero-order chi connectivity index (χ0) is 18.6. The van der Waals surface area contributed by atoms with Gasteiger partial charge in [0.15, 0.2) is 0 Å². The quantitative estimate of drug-likeness (QED) is 0.711. The fourth-order valence-corrected chi connectivity index (χ4v) is 3.55. The summed E-state index contributed by atoms with van der Waals surface area (Å²) < 4.78 is 17.7. The van der Waals surface area contributed by atoms with Crippen LogP contribution < -0.4 is 0 Å². The van der Waals surface area contributed by atoms with E-state index in [2.05, 4.69) is 6.08 Å². The number of piperidine rings is 1. The van der Waals surface area contributed by atoms with Gasteiger partial charge in [0.25, 0.3) is 0 Å². The molecule has 140 valence electrons. The Morgan fingerprint density at radius 1 is 1.12 bits per heavy atom. The zero-order valence-electron chi connectivity index (χ0n) is 16.7. The summed E-state index contributed by atoms with van der Waals surface area (Å²) in [4.78, 5) is 14.5. The van der Waals surface area contributed by atoms with Gasteiger partial charge in [0.1, 0.15) is 5.60 Å². The molecule has 6 heteroatoms. The minimum absolute atomic E-state index is 0.0534. The molecule has 0 unspecified atom stereocenters. The number of nitrogens with zero attached hydrogens (tertiary/aromatic N) is 1. The van der Waals surface area contributed by atoms with Crippen molar-refractivity contribution in [1.82, 2.24) is 4.90 Å². The van der Waals surface area contributed by atoms with Gasteiger partial charge in [0.05, 0.1) is 17.2 Å². The molecule has 0 N–H and O–H groups in total. The van der Waals surface area contributed by atoms with Crippen LogP contribution in [-0.2, 0) is 14.0 Å². The highest BCUT2D eigenvalue weighted by Crippen LogP contribution is 2.47. The topological polar surface area (TPSA) is 48.0 Å². The molecule has 3 aliphatic rings. The number of carbonyl (C=O) groups excluding carboxylic acids is 1. The molecule has 2 heterocycles. The third kappa shape index (κ3) is 4.06. The average molecular weight is 349 g/mol. The van der Waals surface area contributed by atoms with Crippen LogP contribution in [0.25, 0.3) is 0 Å². The number of rotatable bonds is 2. The summed E-state index contributed by atoms with van der Waals surface area (Å²) in [6.45, 7) is 14.7. The van der Waals surface area contributed by atoms with Crippen molar-refractivity contribution in [3.8, 4) is 0 Å². The van der Waals surface area contributed by atoms with E-state index in [9.17, 15) is 4.79 Å². The first-order chi connectivity index (χ1) is 11.4. The van der Waals surface area contributed by atoms with Crippen molar-refractivity contribution in [2.75, 3.05) is 6.54 Å². The molecule has 0 aromatic heterocycles. The summed E-state index contributed by atoms with van der Waals surface area (Å²) in [6.07, 6.45) is 4.07. The predicted molar refractivity (Wildman–Crippen MR) is 98.2 cm³/mol. The van der Waals surface area contributed by atoms with E-state index in [1.807, 2.05) is 59.3 Å². The Labute approximate surface area is 152 Å². The summed E-state index contributed by atoms with van der Waals surface area (Å²) in [6, 6.07) is 0.0534. The molecule has 0 aromatic rings. The van der Waals surface area contributed by atoms with Crippen molar-refractivity contribution in [3.63, 3.8) is 0 Å². The van der Waals surface area contributed by atoms with Gasteiger partial charge in [-0.2, -0.15) is 0 Å². The van der Waals surface area contributed by atoms with Crippen LogP contribution in [0.4, 0.5) is 4.79 Å². The Hall–Kier alpha value is -1.01. The van der Waals surface area contributed by atoms with Gasteiger partial charge in [-0.05, 0) is 73.1 Å². The van der Waals surface area contributed by atoms with E-state index >= 15 is 0 Å². The fraction of sp³-hybridized carbons (Fsp3) is 0.842. The second-order valence-electron chi connectivity index (χ2n) is 9.70. The van der Waals surface area contributed by atoms with Crippen molar-refractivity contribution in [2.45, 2.75) is 84.2 Å². The third-order valence-corrected chi connectivity index (χ3v) is 5.83. The monoisotopic (exact) mass is 349 g/mol. The van der Waals surface area contributed by atoms with Crippen molar-refractivity contribution in [1.29, 1.82) is 0 Å². The predicted octanol–water partition coefficient (Wildman–Crippen LogP) is 3.82. The zero-order valence-corrected chi connectivity index (χ0v) is 16.7. The van der Waals surface area contributed by atoms with Gasteiger partial charge in [0, 0.05) is 6.54 Å². The molecule has 0 spiro atoms. The second-order valence-corrected chi connectivity index (χ2v) is 9.70. The number of carbonyl (C=O) groups is 1. The van der Waals surface area contributed by atoms with Gasteiger partial charge in [-0.1, -0.05) is 12.1 Å². The standard InChI is InChI=1S/C19H32BNO4/c1-17(2,3)23-16(22)21-12-14-10-13(14)11-15(21)8-9-20-24-18(4,5)19(6,7)25-20/h8-9,13-15H,10-12H2,1-7H3/t13-,14+,15-/m1/s1. The van der Waals surface area contributed by atoms with E-state index < -0.39 is 5.60 Å². The first-order valence-corrected chi connectivity index (χ1v) is 9.41. The largest absolute Gasteiger partial charge is 0.486 e. The molecule has 3 fully saturated rings. The smallest absolute Gasteiger partial charge is 0.444 e. The Balaban J connectivity index is 1.68. The molecule has 0 bridgehead atoms. The van der Waals surface area contributed by atoms with E-state index in [4.69, 9.17) is 14.0 Å². The molecule has 25 heavy (non-hydrogen) atoms. The molecule has 2 aliphatic heterocycles. The van der Waals surface area contributed by atoms with Gasteiger partial charge in [-0.3, -0.25) is 0 Å². The van der Waals surface area contributed by atoms with Crippen molar-refractivity contribution in [2.24, 2.45) is 11.8 Å². The third-order valence-electron chi connectivity index (χ3n) is 5.83. The van der Waals surface area contributed by atoms with Gasteiger partial charge < -0.3 is 18.9 Å². The number of likely N-dealkylation sites (tertiary alicyclic amines) is 1. The van der Waals surface area contributed by atoms with Crippen molar-refractivity contribution in [3.05, 3.63) is 12.1 Å². The maximum atomic E-state index is 12.6. The minimum Gasteiger partial charge on any atom is -0.444 e. The first-order valence-electron chi connectivity index (χ1n) is 9.41. The van der Waals surface area contributed by atoms with Gasteiger partial charge in [-0.15, -0.1) is 0 Å². The molecule has 0 aromatic carbocycles. The summed E-state index contributed by atoms with van der Waals surface area (Å²) in [5, 5.41) is 0. The molecule has 1 aliphatic carbocycles. The van der Waals surface area contributed by atoms with E-state index in [1.165, 1.54) is 6.42 Å². The summed E-state index contributed by atoms with van der Waals surface area (Å²) in [7, 11) is -0.373. The number of hydrogen-bond acceptors (Lipinski definition) is 4. The molecule has 0 radical (unpaired) electrons. The van der Waals surface area contributed by atoms with Crippen LogP contribution in [0.2, 0.25) is 0 Å². The number of hydrogen-bond donors (Lipinski definition) is 0. The highest BCUT2D eigenvalue weighted by Gasteiger charge is 2.51. The average Bonchev–Trinajstić information content (AvgIpc) is 3.14. The van der Waals surface area contributed by atoms with Crippen LogP contribution in [0.5, 0.6) is 0 Å². The van der Waals surface area contributed by atoms with Crippen LogP contribution in [0, 0.1) is 11.8 Å². The summed E-state index contributed by atoms with van der Waals surface area (Å²) >= 11 is 0.